The Morgan fingerprint density at radius 1 is 1.09 bits per heavy atom. The van der Waals surface area contributed by atoms with E-state index in [9.17, 15) is 14.4 Å². The van der Waals surface area contributed by atoms with Crippen LogP contribution in [0.3, 0.4) is 0 Å². The number of carbonyl (C=O) groups is 3. The maximum atomic E-state index is 12.6. The number of nitrogens with zero attached hydrogens (tertiary/aromatic N) is 1. The van der Waals surface area contributed by atoms with Crippen molar-refractivity contribution in [2.24, 2.45) is 5.92 Å². The van der Waals surface area contributed by atoms with E-state index >= 15 is 0 Å². The normalized spacial score (nSPS) is 15.8. The Labute approximate surface area is 193 Å². The Kier molecular flexibility index (Phi) is 6.77. The van der Waals surface area contributed by atoms with Gasteiger partial charge in [-0.15, -0.1) is 0 Å². The van der Waals surface area contributed by atoms with Gasteiger partial charge in [-0.05, 0) is 35.1 Å². The van der Waals surface area contributed by atoms with E-state index in [-0.39, 0.29) is 24.3 Å². The summed E-state index contributed by atoms with van der Waals surface area (Å²) in [6.45, 7) is 3.11. The summed E-state index contributed by atoms with van der Waals surface area (Å²) in [4.78, 5) is 37.5. The lowest BCUT2D eigenvalue weighted by Crippen LogP contribution is -2.40. The number of carboxylic acid groups (broad SMARTS) is 1. The fourth-order valence-corrected chi connectivity index (χ4v) is 4.54. The average molecular weight is 449 g/mol. The zero-order chi connectivity index (χ0) is 23.4. The molecule has 1 unspecified atom stereocenters. The van der Waals surface area contributed by atoms with Crippen molar-refractivity contribution >= 4 is 18.0 Å². The number of hydrogen-bond donors (Lipinski definition) is 2. The van der Waals surface area contributed by atoms with E-state index in [2.05, 4.69) is 29.6 Å². The third-order valence-electron chi connectivity index (χ3n) is 6.41. The van der Waals surface area contributed by atoms with Gasteiger partial charge in [-0.25, -0.2) is 9.59 Å². The number of ether oxygens (including phenoxy) is 1. The monoisotopic (exact) mass is 448 g/mol. The molecule has 2 aliphatic rings. The molecule has 1 aliphatic heterocycles. The molecule has 1 atom stereocenters. The van der Waals surface area contributed by atoms with Crippen LogP contribution in [0.25, 0.3) is 11.1 Å². The minimum absolute atomic E-state index is 0.00602. The number of aliphatic carboxylic acids is 1. The first-order chi connectivity index (χ1) is 16.0. The Bertz CT molecular complexity index is 1050. The van der Waals surface area contributed by atoms with E-state index in [1.807, 2.05) is 31.2 Å². The minimum Gasteiger partial charge on any atom is -0.478 e. The smallest absolute Gasteiger partial charge is 0.407 e. The molecule has 1 aliphatic carbocycles. The summed E-state index contributed by atoms with van der Waals surface area (Å²) < 4.78 is 5.52. The molecule has 33 heavy (non-hydrogen) atoms. The fraction of sp³-hybridized carbons (Fsp3) is 0.346. The van der Waals surface area contributed by atoms with Crippen LogP contribution >= 0.6 is 0 Å². The van der Waals surface area contributed by atoms with Gasteiger partial charge in [-0.3, -0.25) is 4.79 Å². The van der Waals surface area contributed by atoms with E-state index in [4.69, 9.17) is 9.84 Å². The molecule has 0 saturated heterocycles. The summed E-state index contributed by atoms with van der Waals surface area (Å²) in [5.41, 5.74) is 5.03. The topological polar surface area (TPSA) is 95.9 Å². The standard InChI is InChI=1S/C26H28N2O5/c1-17(24(29)28-14-11-18(12-15-28)25(30)31)10-13-27-26(32)33-16-23-21-8-4-2-6-19(21)20-7-3-5-9-22(20)23/h2-9,11,17,23H,10,12-16H2,1H3,(H,27,32)(H,30,31). The van der Waals surface area contributed by atoms with Crippen LogP contribution in [0.5, 0.6) is 0 Å². The minimum atomic E-state index is -0.928. The first kappa shape index (κ1) is 22.6. The lowest BCUT2D eigenvalue weighted by Gasteiger charge is -2.28. The molecule has 0 saturated carbocycles. The van der Waals surface area contributed by atoms with Crippen LogP contribution in [0.15, 0.2) is 60.2 Å². The van der Waals surface area contributed by atoms with E-state index in [0.29, 0.717) is 38.0 Å². The van der Waals surface area contributed by atoms with Crippen LogP contribution in [0.2, 0.25) is 0 Å². The first-order valence-electron chi connectivity index (χ1n) is 11.3. The van der Waals surface area contributed by atoms with Crippen molar-refractivity contribution in [3.8, 4) is 11.1 Å². The highest BCUT2D eigenvalue weighted by Gasteiger charge is 2.29. The molecule has 2 aromatic carbocycles. The Morgan fingerprint density at radius 3 is 2.30 bits per heavy atom. The number of alkyl carbamates (subject to hydrolysis) is 1. The summed E-state index contributed by atoms with van der Waals surface area (Å²) in [7, 11) is 0. The molecule has 0 fully saturated rings. The maximum Gasteiger partial charge on any atom is 0.407 e. The van der Waals surface area contributed by atoms with Crippen molar-refractivity contribution in [3.05, 3.63) is 71.3 Å². The van der Waals surface area contributed by atoms with Crippen LogP contribution in [-0.2, 0) is 14.3 Å². The summed E-state index contributed by atoms with van der Waals surface area (Å²) >= 11 is 0. The maximum absolute atomic E-state index is 12.6. The molecule has 2 aromatic rings. The molecule has 7 nitrogen and oxygen atoms in total. The number of fused-ring (bicyclic) bond motifs is 3. The predicted molar refractivity (Wildman–Crippen MR) is 124 cm³/mol. The lowest BCUT2D eigenvalue weighted by atomic mass is 9.98. The van der Waals surface area contributed by atoms with Gasteiger partial charge in [0.05, 0.1) is 0 Å². The van der Waals surface area contributed by atoms with Gasteiger partial charge in [0, 0.05) is 37.0 Å². The van der Waals surface area contributed by atoms with Gasteiger partial charge in [-0.2, -0.15) is 0 Å². The summed E-state index contributed by atoms with van der Waals surface area (Å²) in [6.07, 6.45) is 1.93. The number of nitrogens with one attached hydrogen (secondary N) is 1. The van der Waals surface area contributed by atoms with Crippen molar-refractivity contribution in [1.82, 2.24) is 10.2 Å². The zero-order valence-electron chi connectivity index (χ0n) is 18.6. The zero-order valence-corrected chi connectivity index (χ0v) is 18.6. The highest BCUT2D eigenvalue weighted by Crippen LogP contribution is 2.44. The van der Waals surface area contributed by atoms with Crippen LogP contribution in [0, 0.1) is 5.92 Å². The van der Waals surface area contributed by atoms with Crippen molar-refractivity contribution in [1.29, 1.82) is 0 Å². The average Bonchev–Trinajstić information content (AvgIpc) is 3.16. The van der Waals surface area contributed by atoms with Gasteiger partial charge in [0.1, 0.15) is 6.61 Å². The van der Waals surface area contributed by atoms with Crippen LogP contribution in [-0.4, -0.2) is 54.2 Å². The lowest BCUT2D eigenvalue weighted by molar-refractivity contribution is -0.136. The van der Waals surface area contributed by atoms with Crippen LogP contribution in [0.1, 0.15) is 36.8 Å². The highest BCUT2D eigenvalue weighted by molar-refractivity contribution is 5.87. The van der Waals surface area contributed by atoms with E-state index in [0.717, 1.165) is 11.1 Å². The molecule has 172 valence electrons. The van der Waals surface area contributed by atoms with Crippen molar-refractivity contribution < 1.29 is 24.2 Å². The second-order valence-electron chi connectivity index (χ2n) is 8.51. The molecule has 0 aromatic heterocycles. The quantitative estimate of drug-likeness (QED) is 0.672. The van der Waals surface area contributed by atoms with E-state index in [1.54, 1.807) is 11.0 Å². The number of rotatable bonds is 7. The van der Waals surface area contributed by atoms with E-state index < -0.39 is 12.1 Å². The molecule has 1 heterocycles. The molecule has 0 bridgehead atoms. The summed E-state index contributed by atoms with van der Waals surface area (Å²) in [6, 6.07) is 16.3. The Hall–Kier alpha value is -3.61. The Balaban J connectivity index is 1.24. The van der Waals surface area contributed by atoms with Gasteiger partial charge in [0.15, 0.2) is 0 Å². The van der Waals surface area contributed by atoms with E-state index in [1.165, 1.54) is 11.1 Å². The molecule has 2 N–H and O–H groups in total. The fourth-order valence-electron chi connectivity index (χ4n) is 4.54. The van der Waals surface area contributed by atoms with Crippen LogP contribution < -0.4 is 5.32 Å². The van der Waals surface area contributed by atoms with Crippen molar-refractivity contribution in [3.63, 3.8) is 0 Å². The van der Waals surface area contributed by atoms with Gasteiger partial charge >= 0.3 is 12.1 Å². The summed E-state index contributed by atoms with van der Waals surface area (Å²) in [5, 5.41) is 11.8. The van der Waals surface area contributed by atoms with Crippen LogP contribution in [0.4, 0.5) is 4.79 Å². The number of amides is 2. The molecule has 0 spiro atoms. The number of carboxylic acids is 1. The van der Waals surface area contributed by atoms with Crippen molar-refractivity contribution in [2.75, 3.05) is 26.2 Å². The molecular formula is C26H28N2O5. The number of benzene rings is 2. The second-order valence-corrected chi connectivity index (χ2v) is 8.51. The SMILES string of the molecule is CC(CCNC(=O)OCC1c2ccccc2-c2ccccc21)C(=O)N1CC=C(C(=O)O)CC1. The highest BCUT2D eigenvalue weighted by atomic mass is 16.5. The molecule has 7 heteroatoms. The van der Waals surface area contributed by atoms with Gasteiger partial charge < -0.3 is 20.1 Å². The van der Waals surface area contributed by atoms with Gasteiger partial charge in [0.2, 0.25) is 5.91 Å². The Morgan fingerprint density at radius 2 is 1.73 bits per heavy atom. The third kappa shape index (κ3) is 4.92. The number of carbonyl (C=O) groups excluding carboxylic acids is 2. The summed E-state index contributed by atoms with van der Waals surface area (Å²) in [5.74, 6) is -1.24. The molecule has 4 rings (SSSR count). The third-order valence-corrected chi connectivity index (χ3v) is 6.41. The van der Waals surface area contributed by atoms with Gasteiger partial charge in [-0.1, -0.05) is 61.5 Å². The predicted octanol–water partition coefficient (Wildman–Crippen LogP) is 3.79. The largest absolute Gasteiger partial charge is 0.478 e. The molecule has 2 amide bonds. The molecular weight excluding hydrogens is 420 g/mol. The number of hydrogen-bond acceptors (Lipinski definition) is 4. The first-order valence-corrected chi connectivity index (χ1v) is 11.3. The second kappa shape index (κ2) is 9.90. The van der Waals surface area contributed by atoms with Gasteiger partial charge in [0.25, 0.3) is 0 Å². The molecule has 0 radical (unpaired) electrons. The van der Waals surface area contributed by atoms with Crippen molar-refractivity contribution in [2.45, 2.75) is 25.7 Å².